The molecule has 0 aliphatic carbocycles. The highest BCUT2D eigenvalue weighted by Crippen LogP contribution is 2.64. The summed E-state index contributed by atoms with van der Waals surface area (Å²) in [4.78, 5) is 58.3. The van der Waals surface area contributed by atoms with E-state index in [4.69, 9.17) is 30.8 Å². The molecule has 4 aromatic carbocycles. The number of alkyl halides is 12. The molecule has 4 amide bonds. The zero-order valence-electron chi connectivity index (χ0n) is 39.6. The molecule has 76 heavy (non-hydrogen) atoms. The number of nitrogens with zero attached hydrogens (tertiary/aromatic N) is 4. The van der Waals surface area contributed by atoms with Crippen LogP contribution in [0.25, 0.3) is 4.85 Å². The molecule has 6 heterocycles. The number of carbonyl (C=O) groups excluding carboxylic acids is 4. The topological polar surface area (TPSA) is 140 Å². The van der Waals surface area contributed by atoms with Gasteiger partial charge in [-0.1, -0.05) is 6.07 Å². The van der Waals surface area contributed by atoms with E-state index in [-0.39, 0.29) is 48.9 Å². The highest BCUT2D eigenvalue weighted by molar-refractivity contribution is 6.24. The lowest BCUT2D eigenvalue weighted by Gasteiger charge is -2.31. The Morgan fingerprint density at radius 3 is 1.32 bits per heavy atom. The third-order valence-corrected chi connectivity index (χ3v) is 15.3. The minimum atomic E-state index is -4.87. The van der Waals surface area contributed by atoms with Gasteiger partial charge in [0.25, 0.3) is 0 Å². The van der Waals surface area contributed by atoms with E-state index in [0.29, 0.717) is 37.8 Å². The van der Waals surface area contributed by atoms with Gasteiger partial charge in [0, 0.05) is 18.5 Å². The van der Waals surface area contributed by atoms with Crippen molar-refractivity contribution in [2.75, 3.05) is 23.0 Å². The van der Waals surface area contributed by atoms with Crippen molar-refractivity contribution < 1.29 is 90.8 Å². The number of hydrogen-bond acceptors (Lipinski definition) is 9. The van der Waals surface area contributed by atoms with Crippen LogP contribution in [-0.4, -0.2) is 59.2 Å². The monoisotopic (exact) mass is 1080 g/mol. The second-order valence-corrected chi connectivity index (χ2v) is 19.8. The van der Waals surface area contributed by atoms with Crippen molar-refractivity contribution in [3.63, 3.8) is 0 Å². The number of nitriles is 1. The number of hydrogen-bond donors (Lipinski definition) is 0. The van der Waals surface area contributed by atoms with Crippen LogP contribution in [0.3, 0.4) is 0 Å². The standard InChI is InChI=1S/2C26H20F6N2O4/c1-23-9-10-24(38-23,11-12-37-16-6-3-14(4-7-16)25(27,28)29)20-19(23)21(35)34(22(20)36)15-5-8-18(33-2)17(13-15)26(30,31)32;1-23-8-9-24(38-23,10-11-37-17-6-3-15(4-7-17)25(27,28)29)20-19(23)21(35)34(22(20)36)16-5-2-14(13-33)18(12-16)26(30,31)32/h3-8,13,19-20H,9-12H2,1H3;2-7,12,19-20H,8-11H2,1H3/t2*19-,20+,23?,24?/m10/s1. The minimum absolute atomic E-state index is 0.0238. The van der Waals surface area contributed by atoms with Gasteiger partial charge in [-0.3, -0.25) is 19.2 Å². The molecule has 6 aliphatic heterocycles. The van der Waals surface area contributed by atoms with Crippen molar-refractivity contribution in [1.29, 1.82) is 5.26 Å². The van der Waals surface area contributed by atoms with Gasteiger partial charge in [0.05, 0.1) is 105 Å². The van der Waals surface area contributed by atoms with E-state index in [1.807, 2.05) is 0 Å². The summed E-state index contributed by atoms with van der Waals surface area (Å²) in [5.41, 5.74) is -10.2. The van der Waals surface area contributed by atoms with Gasteiger partial charge < -0.3 is 18.9 Å². The van der Waals surface area contributed by atoms with Gasteiger partial charge in [-0.2, -0.15) is 57.9 Å². The fourth-order valence-electron chi connectivity index (χ4n) is 11.9. The lowest BCUT2D eigenvalue weighted by molar-refractivity contribution is -0.138. The van der Waals surface area contributed by atoms with Gasteiger partial charge in [-0.25, -0.2) is 14.6 Å². The zero-order valence-corrected chi connectivity index (χ0v) is 39.6. The molecule has 12 nitrogen and oxygen atoms in total. The number of halogens is 12. The molecule has 6 fully saturated rings. The Labute approximate surface area is 423 Å². The summed E-state index contributed by atoms with van der Waals surface area (Å²) in [5, 5.41) is 9.06. The summed E-state index contributed by atoms with van der Waals surface area (Å²) in [6, 6.07) is 15.1. The van der Waals surface area contributed by atoms with Gasteiger partial charge in [-0.15, -0.1) is 0 Å². The molecule has 400 valence electrons. The largest absolute Gasteiger partial charge is 0.493 e. The first kappa shape index (κ1) is 53.6. The molecule has 6 saturated heterocycles. The summed E-state index contributed by atoms with van der Waals surface area (Å²) >= 11 is 0. The quantitative estimate of drug-likeness (QED) is 0.0862. The molecule has 8 atom stereocenters. The van der Waals surface area contributed by atoms with E-state index in [0.717, 1.165) is 58.3 Å². The molecule has 4 unspecified atom stereocenters. The van der Waals surface area contributed by atoms with Gasteiger partial charge in [0.15, 0.2) is 5.69 Å². The highest BCUT2D eigenvalue weighted by Gasteiger charge is 2.75. The van der Waals surface area contributed by atoms with Crippen molar-refractivity contribution in [3.05, 3.63) is 124 Å². The maximum absolute atomic E-state index is 13.6. The summed E-state index contributed by atoms with van der Waals surface area (Å²) in [6.07, 6.45) is -16.8. The van der Waals surface area contributed by atoms with E-state index < -0.39 is 128 Å². The van der Waals surface area contributed by atoms with Crippen LogP contribution in [0.5, 0.6) is 11.5 Å². The van der Waals surface area contributed by atoms with Crippen LogP contribution in [0.4, 0.5) is 69.7 Å². The number of ether oxygens (including phenoxy) is 4. The second kappa shape index (κ2) is 18.2. The van der Waals surface area contributed by atoms with Crippen LogP contribution in [0.2, 0.25) is 0 Å². The lowest BCUT2D eigenvalue weighted by Crippen LogP contribution is -2.43. The number of benzene rings is 4. The average Bonchev–Trinajstić information content (AvgIpc) is 4.20. The van der Waals surface area contributed by atoms with Crippen molar-refractivity contribution in [1.82, 2.24) is 0 Å². The lowest BCUT2D eigenvalue weighted by atomic mass is 9.67. The molecule has 0 radical (unpaired) electrons. The van der Waals surface area contributed by atoms with Crippen molar-refractivity contribution in [3.8, 4) is 17.6 Å². The van der Waals surface area contributed by atoms with Crippen LogP contribution < -0.4 is 19.3 Å². The first-order valence-corrected chi connectivity index (χ1v) is 23.4. The Balaban J connectivity index is 0.000000186. The molecule has 24 heteroatoms. The second-order valence-electron chi connectivity index (χ2n) is 19.8. The predicted molar refractivity (Wildman–Crippen MR) is 239 cm³/mol. The first-order valence-electron chi connectivity index (χ1n) is 23.4. The summed E-state index contributed by atoms with van der Waals surface area (Å²) in [7, 11) is 0. The number of fused-ring (bicyclic) bond motifs is 10. The van der Waals surface area contributed by atoms with Gasteiger partial charge >= 0.3 is 24.7 Å². The van der Waals surface area contributed by atoms with Crippen LogP contribution in [0.15, 0.2) is 84.9 Å². The molecule has 10 rings (SSSR count). The van der Waals surface area contributed by atoms with Crippen LogP contribution in [-0.2, 0) is 53.4 Å². The maximum Gasteiger partial charge on any atom is 0.417 e. The fourth-order valence-corrected chi connectivity index (χ4v) is 11.9. The Bertz CT molecular complexity index is 2910. The summed E-state index contributed by atoms with van der Waals surface area (Å²) in [6.45, 7) is 10.3. The van der Waals surface area contributed by atoms with Crippen LogP contribution in [0, 0.1) is 41.6 Å². The number of carbonyl (C=O) groups is 4. The first-order chi connectivity index (χ1) is 35.4. The molecule has 4 bridgehead atoms. The number of imide groups is 2. The molecule has 0 spiro atoms. The van der Waals surface area contributed by atoms with Crippen LogP contribution >= 0.6 is 0 Å². The van der Waals surface area contributed by atoms with Gasteiger partial charge in [-0.05, 0) is 118 Å². The molecule has 0 N–H and O–H groups in total. The number of amides is 4. The van der Waals surface area contributed by atoms with Crippen molar-refractivity contribution in [2.24, 2.45) is 23.7 Å². The highest BCUT2D eigenvalue weighted by atomic mass is 19.4. The Morgan fingerprint density at radius 1 is 0.566 bits per heavy atom. The maximum atomic E-state index is 13.6. The Kier molecular flexibility index (Phi) is 12.9. The van der Waals surface area contributed by atoms with Crippen molar-refractivity contribution in [2.45, 2.75) is 99.5 Å². The van der Waals surface area contributed by atoms with E-state index in [1.165, 1.54) is 30.3 Å². The Hall–Kier alpha value is -7.18. The van der Waals surface area contributed by atoms with Crippen molar-refractivity contribution >= 4 is 40.7 Å². The van der Waals surface area contributed by atoms with Gasteiger partial charge in [0.1, 0.15) is 11.5 Å². The third-order valence-electron chi connectivity index (χ3n) is 15.3. The predicted octanol–water partition coefficient (Wildman–Crippen LogP) is 11.7. The van der Waals surface area contributed by atoms with E-state index in [1.54, 1.807) is 13.8 Å². The fraction of sp³-hybridized carbons (Fsp3) is 0.423. The van der Waals surface area contributed by atoms with Crippen LogP contribution in [0.1, 0.15) is 80.2 Å². The zero-order chi connectivity index (χ0) is 55.3. The van der Waals surface area contributed by atoms with E-state index in [9.17, 15) is 71.9 Å². The van der Waals surface area contributed by atoms with E-state index >= 15 is 0 Å². The minimum Gasteiger partial charge on any atom is -0.493 e. The number of anilines is 2. The third kappa shape index (κ3) is 9.05. The molecule has 6 aliphatic rings. The SMILES string of the molecule is CC12CCC(CCOc3ccc(C(F)(F)F)cc3)(O1)[C@H]1C(=O)N(c3ccc(C#N)c(C(F)(F)F)c3)C(=O)[C@H]12.[C-]#[N+]c1ccc(N2C(=O)[C@@H]3[C@H](C2=O)C2(C)CCC3(CCOc3ccc(C(F)(F)F)cc3)O2)cc1C(F)(F)F. The summed E-state index contributed by atoms with van der Waals surface area (Å²) in [5.74, 6) is -6.13. The molecular weight excluding hydrogens is 1040 g/mol. The van der Waals surface area contributed by atoms with Gasteiger partial charge in [0.2, 0.25) is 23.6 Å². The smallest absolute Gasteiger partial charge is 0.417 e. The van der Waals surface area contributed by atoms with E-state index in [2.05, 4.69) is 4.85 Å². The molecule has 4 aromatic rings. The molecule has 0 aromatic heterocycles. The Morgan fingerprint density at radius 2 is 0.947 bits per heavy atom. The average molecular weight is 1080 g/mol. The molecular formula is C52H40F12N4O8. The molecule has 0 saturated carbocycles. The summed E-state index contributed by atoms with van der Waals surface area (Å²) < 4.78 is 182. The number of rotatable bonds is 10. The normalized spacial score (nSPS) is 28.5.